The van der Waals surface area contributed by atoms with Crippen molar-refractivity contribution in [2.24, 2.45) is 0 Å². The number of hydrogen-bond donors (Lipinski definition) is 1. The SMILES string of the molecule is Cc1ccc(CN(C(=O)CN(c2cccc(C(F)(F)F)c2)S(=O)(=O)c2ccccc2)[C@@H](C)C(=O)NC2CCCCC2)cc1. The highest BCUT2D eigenvalue weighted by atomic mass is 32.2. The van der Waals surface area contributed by atoms with E-state index in [-0.39, 0.29) is 29.1 Å². The van der Waals surface area contributed by atoms with Crippen molar-refractivity contribution in [2.75, 3.05) is 10.8 Å². The quantitative estimate of drug-likeness (QED) is 0.300. The zero-order valence-corrected chi connectivity index (χ0v) is 25.0. The Kier molecular flexibility index (Phi) is 10.2. The van der Waals surface area contributed by atoms with Gasteiger partial charge in [-0.15, -0.1) is 0 Å². The lowest BCUT2D eigenvalue weighted by atomic mass is 9.95. The molecule has 1 fully saturated rings. The Hall–Kier alpha value is -3.86. The van der Waals surface area contributed by atoms with Crippen LogP contribution in [0.2, 0.25) is 0 Å². The van der Waals surface area contributed by atoms with E-state index in [9.17, 15) is 31.2 Å². The molecule has 1 atom stereocenters. The van der Waals surface area contributed by atoms with E-state index in [4.69, 9.17) is 0 Å². The van der Waals surface area contributed by atoms with Gasteiger partial charge in [-0.1, -0.05) is 73.4 Å². The zero-order valence-electron chi connectivity index (χ0n) is 24.2. The average molecular weight is 616 g/mol. The predicted octanol–water partition coefficient (Wildman–Crippen LogP) is 6.08. The fourth-order valence-electron chi connectivity index (χ4n) is 5.13. The van der Waals surface area contributed by atoms with Gasteiger partial charge in [0.25, 0.3) is 10.0 Å². The normalized spacial score (nSPS) is 15.0. The van der Waals surface area contributed by atoms with Crippen molar-refractivity contribution in [3.05, 3.63) is 95.6 Å². The number of nitrogens with one attached hydrogen (secondary N) is 1. The van der Waals surface area contributed by atoms with Crippen molar-refractivity contribution in [1.82, 2.24) is 10.2 Å². The number of carbonyl (C=O) groups is 2. The summed E-state index contributed by atoms with van der Waals surface area (Å²) >= 11 is 0. The van der Waals surface area contributed by atoms with Gasteiger partial charge in [-0.25, -0.2) is 8.42 Å². The first-order valence-corrected chi connectivity index (χ1v) is 15.7. The molecule has 1 N–H and O–H groups in total. The fraction of sp³-hybridized carbons (Fsp3) is 0.375. The van der Waals surface area contributed by atoms with E-state index in [0.29, 0.717) is 15.9 Å². The lowest BCUT2D eigenvalue weighted by Gasteiger charge is -2.33. The lowest BCUT2D eigenvalue weighted by Crippen LogP contribution is -2.53. The van der Waals surface area contributed by atoms with Crippen LogP contribution in [0, 0.1) is 6.92 Å². The number of alkyl halides is 3. The van der Waals surface area contributed by atoms with Gasteiger partial charge in [0, 0.05) is 12.6 Å². The highest BCUT2D eigenvalue weighted by Crippen LogP contribution is 2.33. The van der Waals surface area contributed by atoms with Crippen LogP contribution in [0.15, 0.2) is 83.8 Å². The molecule has 0 heterocycles. The molecule has 3 aromatic rings. The lowest BCUT2D eigenvalue weighted by molar-refractivity contribution is -0.139. The van der Waals surface area contributed by atoms with Gasteiger partial charge in [0.1, 0.15) is 12.6 Å². The van der Waals surface area contributed by atoms with Crippen LogP contribution in [-0.2, 0) is 32.3 Å². The van der Waals surface area contributed by atoms with Crippen LogP contribution in [0.3, 0.4) is 0 Å². The predicted molar refractivity (Wildman–Crippen MR) is 159 cm³/mol. The summed E-state index contributed by atoms with van der Waals surface area (Å²) in [5.41, 5.74) is 0.339. The molecule has 0 unspecified atom stereocenters. The number of benzene rings is 3. The van der Waals surface area contributed by atoms with Crippen molar-refractivity contribution in [2.45, 2.75) is 75.7 Å². The Labute approximate surface area is 250 Å². The maximum atomic E-state index is 14.0. The van der Waals surface area contributed by atoms with E-state index in [2.05, 4.69) is 5.32 Å². The van der Waals surface area contributed by atoms with Crippen LogP contribution in [0.5, 0.6) is 0 Å². The molecule has 0 radical (unpaired) electrons. The van der Waals surface area contributed by atoms with Crippen molar-refractivity contribution < 1.29 is 31.2 Å². The molecular formula is C32H36F3N3O4S. The Morgan fingerprint density at radius 3 is 2.21 bits per heavy atom. The molecule has 7 nitrogen and oxygen atoms in total. The number of hydrogen-bond acceptors (Lipinski definition) is 4. The van der Waals surface area contributed by atoms with Gasteiger partial charge in [0.05, 0.1) is 16.1 Å². The van der Waals surface area contributed by atoms with E-state index >= 15 is 0 Å². The molecule has 43 heavy (non-hydrogen) atoms. The Bertz CT molecular complexity index is 1510. The molecule has 1 aliphatic carbocycles. The first kappa shape index (κ1) is 32.1. The number of halogens is 3. The number of amides is 2. The monoisotopic (exact) mass is 615 g/mol. The maximum absolute atomic E-state index is 14.0. The van der Waals surface area contributed by atoms with E-state index in [1.807, 2.05) is 31.2 Å². The second-order valence-electron chi connectivity index (χ2n) is 10.9. The molecule has 2 amide bonds. The number of aryl methyl sites for hydroxylation is 1. The number of rotatable bonds is 10. The van der Waals surface area contributed by atoms with Crippen molar-refractivity contribution in [1.29, 1.82) is 0 Å². The van der Waals surface area contributed by atoms with Crippen LogP contribution in [-0.4, -0.2) is 43.8 Å². The fourth-order valence-corrected chi connectivity index (χ4v) is 6.55. The largest absolute Gasteiger partial charge is 0.416 e. The molecule has 1 aliphatic rings. The summed E-state index contributed by atoms with van der Waals surface area (Å²) in [6, 6.07) is 17.4. The summed E-state index contributed by atoms with van der Waals surface area (Å²) in [4.78, 5) is 28.5. The van der Waals surface area contributed by atoms with Gasteiger partial charge < -0.3 is 10.2 Å². The molecule has 4 rings (SSSR count). The van der Waals surface area contributed by atoms with Crippen molar-refractivity contribution in [3.8, 4) is 0 Å². The van der Waals surface area contributed by atoms with Gasteiger partial charge in [0.15, 0.2) is 0 Å². The van der Waals surface area contributed by atoms with Gasteiger partial charge in [0.2, 0.25) is 11.8 Å². The second kappa shape index (κ2) is 13.6. The Balaban J connectivity index is 1.71. The molecule has 0 bridgehead atoms. The third kappa shape index (κ3) is 8.16. The number of carbonyl (C=O) groups excluding carboxylic acids is 2. The summed E-state index contributed by atoms with van der Waals surface area (Å²) in [5.74, 6) is -1.10. The van der Waals surface area contributed by atoms with Gasteiger partial charge in [-0.3, -0.25) is 13.9 Å². The van der Waals surface area contributed by atoms with Crippen LogP contribution in [0.25, 0.3) is 0 Å². The molecule has 0 spiro atoms. The van der Waals surface area contributed by atoms with Gasteiger partial charge in [-0.05, 0) is 62.6 Å². The molecule has 11 heteroatoms. The molecule has 0 saturated heterocycles. The minimum Gasteiger partial charge on any atom is -0.352 e. The first-order chi connectivity index (χ1) is 20.4. The number of anilines is 1. The summed E-state index contributed by atoms with van der Waals surface area (Å²) in [5, 5.41) is 3.02. The van der Waals surface area contributed by atoms with E-state index in [1.54, 1.807) is 13.0 Å². The standard InChI is InChI=1S/C32H36F3N3O4S/c1-23-16-18-25(19-17-23)21-37(24(2)31(40)36-27-11-5-3-6-12-27)30(39)22-38(43(41,42)29-14-7-4-8-15-29)28-13-9-10-26(20-28)32(33,34)35/h4,7-10,13-20,24,27H,3,5-6,11-12,21-22H2,1-2H3,(H,36,40)/t24-/m0/s1. The minimum absolute atomic E-state index is 0.000181. The first-order valence-electron chi connectivity index (χ1n) is 14.3. The maximum Gasteiger partial charge on any atom is 0.416 e. The van der Waals surface area contributed by atoms with Crippen LogP contribution < -0.4 is 9.62 Å². The average Bonchev–Trinajstić information content (AvgIpc) is 2.99. The minimum atomic E-state index is -4.73. The molecular weight excluding hydrogens is 579 g/mol. The van der Waals surface area contributed by atoms with Crippen LogP contribution in [0.1, 0.15) is 55.7 Å². The van der Waals surface area contributed by atoms with Gasteiger partial charge in [-0.2, -0.15) is 13.2 Å². The summed E-state index contributed by atoms with van der Waals surface area (Å²) in [6.07, 6.45) is 0.0297. The second-order valence-corrected chi connectivity index (χ2v) is 12.8. The topological polar surface area (TPSA) is 86.8 Å². The third-order valence-electron chi connectivity index (χ3n) is 7.66. The van der Waals surface area contributed by atoms with Crippen molar-refractivity contribution in [3.63, 3.8) is 0 Å². The zero-order chi connectivity index (χ0) is 31.2. The molecule has 230 valence electrons. The summed E-state index contributed by atoms with van der Waals surface area (Å²) in [7, 11) is -4.47. The van der Waals surface area contributed by atoms with E-state index in [0.717, 1.165) is 49.8 Å². The summed E-state index contributed by atoms with van der Waals surface area (Å²) < 4.78 is 69.1. The molecule has 0 aromatic heterocycles. The highest BCUT2D eigenvalue weighted by molar-refractivity contribution is 7.92. The Morgan fingerprint density at radius 2 is 1.58 bits per heavy atom. The number of sulfonamides is 1. The summed E-state index contributed by atoms with van der Waals surface area (Å²) in [6.45, 7) is 2.67. The van der Waals surface area contributed by atoms with Crippen LogP contribution >= 0.6 is 0 Å². The highest BCUT2D eigenvalue weighted by Gasteiger charge is 2.35. The smallest absolute Gasteiger partial charge is 0.352 e. The molecule has 3 aromatic carbocycles. The third-order valence-corrected chi connectivity index (χ3v) is 9.45. The van der Waals surface area contributed by atoms with E-state index < -0.39 is 40.3 Å². The van der Waals surface area contributed by atoms with E-state index in [1.165, 1.54) is 35.2 Å². The number of nitrogens with zero attached hydrogens (tertiary/aromatic N) is 2. The van der Waals surface area contributed by atoms with Crippen molar-refractivity contribution >= 4 is 27.5 Å². The molecule has 1 saturated carbocycles. The molecule has 0 aliphatic heterocycles. The van der Waals surface area contributed by atoms with Gasteiger partial charge >= 0.3 is 6.18 Å². The van der Waals surface area contributed by atoms with Crippen LogP contribution in [0.4, 0.5) is 18.9 Å². The Morgan fingerprint density at radius 1 is 0.930 bits per heavy atom.